The quantitative estimate of drug-likeness (QED) is 0.107. The number of aromatic nitrogens is 9. The van der Waals surface area contributed by atoms with Crippen LogP contribution < -0.4 is 17.0 Å². The fraction of sp³-hybridized carbons (Fsp3) is 0.550. The van der Waals surface area contributed by atoms with E-state index in [4.69, 9.17) is 46.1 Å². The first-order chi connectivity index (χ1) is 21.8. The minimum absolute atomic E-state index is 0.00270. The number of nitrogens with one attached hydrogen (secondary N) is 1. The van der Waals surface area contributed by atoms with Crippen LogP contribution in [0.4, 0.5) is 20.5 Å². The van der Waals surface area contributed by atoms with Gasteiger partial charge in [0.1, 0.15) is 30.1 Å². The Morgan fingerprint density at radius 2 is 2.02 bits per heavy atom. The van der Waals surface area contributed by atoms with Crippen LogP contribution in [-0.4, -0.2) is 99.5 Å². The molecule has 9 atom stereocenters. The Hall–Kier alpha value is -2.37. The Morgan fingerprint density at radius 3 is 2.78 bits per heavy atom. The normalized spacial score (nSPS) is 29.4. The molecular formula is C20H25F2N11O8P2S3. The van der Waals surface area contributed by atoms with E-state index in [1.807, 2.05) is 0 Å². The maximum atomic E-state index is 16.0. The second-order valence-corrected chi connectivity index (χ2v) is 17.1. The van der Waals surface area contributed by atoms with Crippen molar-refractivity contribution >= 4 is 83.4 Å². The first-order valence-electron chi connectivity index (χ1n) is 13.1. The Labute approximate surface area is 271 Å². The summed E-state index contributed by atoms with van der Waals surface area (Å²) < 4.78 is 72.5. The molecule has 0 saturated carbocycles. The fourth-order valence-corrected chi connectivity index (χ4v) is 8.58. The van der Waals surface area contributed by atoms with Gasteiger partial charge < -0.3 is 30.1 Å². The zero-order chi connectivity index (χ0) is 33.0. The van der Waals surface area contributed by atoms with Crippen molar-refractivity contribution in [1.29, 1.82) is 0 Å². The minimum atomic E-state index is -4.26. The molecule has 2 aliphatic rings. The molecule has 2 unspecified atom stereocenters. The van der Waals surface area contributed by atoms with Crippen molar-refractivity contribution in [1.82, 2.24) is 44.5 Å². The van der Waals surface area contributed by atoms with Crippen molar-refractivity contribution in [2.45, 2.75) is 47.8 Å². The third-order valence-electron chi connectivity index (χ3n) is 6.96. The van der Waals surface area contributed by atoms with Gasteiger partial charge in [0.05, 0.1) is 30.9 Å². The molecule has 0 spiro atoms. The molecule has 46 heavy (non-hydrogen) atoms. The van der Waals surface area contributed by atoms with Crippen LogP contribution >= 0.6 is 37.5 Å². The van der Waals surface area contributed by atoms with Gasteiger partial charge in [-0.1, -0.05) is 17.5 Å². The van der Waals surface area contributed by atoms with Gasteiger partial charge in [-0.3, -0.25) is 23.4 Å². The molecule has 26 heteroatoms. The van der Waals surface area contributed by atoms with Crippen molar-refractivity contribution in [2.75, 3.05) is 31.8 Å². The van der Waals surface area contributed by atoms with E-state index in [1.54, 1.807) is 0 Å². The number of nitrogen functional groups attached to an aromatic ring is 2. The number of H-pyrrole nitrogens is 1. The van der Waals surface area contributed by atoms with Gasteiger partial charge in [-0.05, 0) is 11.8 Å². The van der Waals surface area contributed by atoms with Crippen LogP contribution in [0.3, 0.4) is 0 Å². The zero-order valence-corrected chi connectivity index (χ0v) is 27.6. The molecule has 4 aromatic heterocycles. The average molecular weight is 744 g/mol. The third kappa shape index (κ3) is 6.65. The fourth-order valence-electron chi connectivity index (χ4n) is 4.85. The van der Waals surface area contributed by atoms with Crippen molar-refractivity contribution in [2.24, 2.45) is 0 Å². The number of hydrogen-bond donors (Lipinski definition) is 5. The highest BCUT2D eigenvalue weighted by Gasteiger charge is 2.50. The Morgan fingerprint density at radius 1 is 1.24 bits per heavy atom. The van der Waals surface area contributed by atoms with Crippen LogP contribution in [0.2, 0.25) is 0 Å². The maximum absolute atomic E-state index is 16.0. The summed E-state index contributed by atoms with van der Waals surface area (Å²) in [5.41, 5.74) is 11.1. The van der Waals surface area contributed by atoms with Crippen LogP contribution in [0.1, 0.15) is 18.0 Å². The Kier molecular flexibility index (Phi) is 9.41. The summed E-state index contributed by atoms with van der Waals surface area (Å²) in [5, 5.41) is 5.64. The summed E-state index contributed by atoms with van der Waals surface area (Å²) in [6.07, 6.45) is -4.98. The number of hydrogen-bond acceptors (Lipinski definition) is 17. The van der Waals surface area contributed by atoms with E-state index in [-0.39, 0.29) is 40.5 Å². The number of ether oxygens (including phenoxy) is 1. The van der Waals surface area contributed by atoms with E-state index in [2.05, 4.69) is 47.5 Å². The number of aromatic amines is 1. The molecule has 4 aromatic rings. The molecule has 0 amide bonds. The lowest BCUT2D eigenvalue weighted by molar-refractivity contribution is -0.0423. The SMILES string of the molecule is COP(=O)(S)OC[C@H]1S[C@@H](n2cnc3c(=O)[nH]c(N)nc32)[C@H](OP(O)(=S)OC[C@@H]2C[C@H](F)[C@H](n3nnc4c(N)ncnc43)O2)[C@@H]1F. The Balaban J connectivity index is 1.19. The summed E-state index contributed by atoms with van der Waals surface area (Å²) in [6.45, 7) is -8.92. The third-order valence-corrected chi connectivity index (χ3v) is 11.8. The van der Waals surface area contributed by atoms with Crippen molar-refractivity contribution in [3.8, 4) is 0 Å². The van der Waals surface area contributed by atoms with E-state index in [9.17, 15) is 14.3 Å². The molecular weight excluding hydrogens is 718 g/mol. The summed E-state index contributed by atoms with van der Waals surface area (Å²) in [6, 6.07) is 0. The first kappa shape index (κ1) is 33.5. The highest BCUT2D eigenvalue weighted by molar-refractivity contribution is 8.44. The van der Waals surface area contributed by atoms with Crippen LogP contribution in [0.25, 0.3) is 22.3 Å². The maximum Gasteiger partial charge on any atom is 0.385 e. The number of imidazole rings is 1. The number of thioether (sulfide) groups is 1. The molecule has 2 saturated heterocycles. The summed E-state index contributed by atoms with van der Waals surface area (Å²) >= 11 is 9.94. The van der Waals surface area contributed by atoms with Crippen LogP contribution in [0.5, 0.6) is 0 Å². The van der Waals surface area contributed by atoms with Gasteiger partial charge in [-0.25, -0.2) is 28.3 Å². The average Bonchev–Trinajstić information content (AvgIpc) is 3.77. The van der Waals surface area contributed by atoms with Crippen LogP contribution in [0, 0.1) is 0 Å². The lowest BCUT2D eigenvalue weighted by atomic mass is 10.1. The van der Waals surface area contributed by atoms with Crippen molar-refractivity contribution in [3.63, 3.8) is 0 Å². The standard InChI is InChI=1S/C20H25F2N11O8P2S3/c1-37-42(35,44)39-4-9-10(22)13(19(46-9)32-6-27-12-16(32)28-20(24)29-17(12)34)41-43(36,45)38-3-7-2-8(21)18(40-7)33-15-11(30-31-33)14(23)25-5-26-15/h5-10,13,18-19H,2-4H2,1H3,(H,35,44)(H,36,45)(H2,23,25,26)(H3,24,28,29,34)/t7-,8-,9+,10+,13+,18+,19+,42?,43?/m0/s1. The minimum Gasteiger partial charge on any atom is -0.382 e. The molecule has 2 aliphatic heterocycles. The first-order valence-corrected chi connectivity index (χ1v) is 19.3. The number of rotatable bonds is 11. The number of fused-ring (bicyclic) bond motifs is 2. The zero-order valence-electron chi connectivity index (χ0n) is 23.3. The second kappa shape index (κ2) is 12.9. The van der Waals surface area contributed by atoms with E-state index >= 15 is 8.78 Å². The summed E-state index contributed by atoms with van der Waals surface area (Å²) in [4.78, 5) is 41.7. The van der Waals surface area contributed by atoms with Gasteiger partial charge in [-0.2, -0.15) is 9.67 Å². The molecule has 250 valence electrons. The van der Waals surface area contributed by atoms with Gasteiger partial charge in [0.15, 0.2) is 34.4 Å². The molecule has 0 radical (unpaired) electrons. The lowest BCUT2D eigenvalue weighted by Gasteiger charge is -2.26. The van der Waals surface area contributed by atoms with Gasteiger partial charge in [0.25, 0.3) is 5.56 Å². The molecule has 6 heterocycles. The molecule has 0 aliphatic carbocycles. The largest absolute Gasteiger partial charge is 0.385 e. The summed E-state index contributed by atoms with van der Waals surface area (Å²) in [5.74, 6) is -0.168. The van der Waals surface area contributed by atoms with E-state index < -0.39 is 73.7 Å². The topological polar surface area (TPSA) is 256 Å². The highest BCUT2D eigenvalue weighted by Crippen LogP contribution is 2.57. The Bertz CT molecular complexity index is 1920. The van der Waals surface area contributed by atoms with Gasteiger partial charge in [0.2, 0.25) is 5.95 Å². The second-order valence-electron chi connectivity index (χ2n) is 9.93. The number of nitrogens with two attached hydrogens (primary N) is 2. The monoisotopic (exact) mass is 743 g/mol. The molecule has 19 nitrogen and oxygen atoms in total. The number of thiol groups is 1. The van der Waals surface area contributed by atoms with Gasteiger partial charge >= 0.3 is 13.5 Å². The molecule has 0 bridgehead atoms. The highest BCUT2D eigenvalue weighted by atomic mass is 32.7. The van der Waals surface area contributed by atoms with Crippen molar-refractivity contribution < 1.29 is 41.1 Å². The van der Waals surface area contributed by atoms with Crippen LogP contribution in [-0.2, 0) is 39.2 Å². The molecule has 0 aromatic carbocycles. The number of nitrogens with zero attached hydrogens (tertiary/aromatic N) is 8. The van der Waals surface area contributed by atoms with E-state index in [0.29, 0.717) is 0 Å². The smallest absolute Gasteiger partial charge is 0.382 e. The number of alkyl halides is 2. The van der Waals surface area contributed by atoms with Crippen LogP contribution in [0.15, 0.2) is 17.4 Å². The predicted molar refractivity (Wildman–Crippen MR) is 166 cm³/mol. The molecule has 6 N–H and O–H groups in total. The van der Waals surface area contributed by atoms with E-state index in [0.717, 1.165) is 23.6 Å². The number of anilines is 2. The predicted octanol–water partition coefficient (Wildman–Crippen LogP) is 1.42. The molecule has 6 rings (SSSR count). The van der Waals surface area contributed by atoms with Gasteiger partial charge in [-0.15, -0.1) is 16.9 Å². The lowest BCUT2D eigenvalue weighted by Crippen LogP contribution is -2.32. The molecule has 2 fully saturated rings. The van der Waals surface area contributed by atoms with E-state index in [1.165, 1.54) is 17.2 Å². The number of halogens is 2. The summed E-state index contributed by atoms with van der Waals surface area (Å²) in [7, 11) is 1.11. The van der Waals surface area contributed by atoms with Gasteiger partial charge in [0, 0.05) is 13.5 Å². The van der Waals surface area contributed by atoms with Crippen molar-refractivity contribution in [3.05, 3.63) is 23.0 Å².